The molecule has 0 aliphatic rings. The van der Waals surface area contributed by atoms with Gasteiger partial charge in [0.05, 0.1) is 11.3 Å². The molecule has 1 heterocycles. The number of rotatable bonds is 5. The van der Waals surface area contributed by atoms with E-state index in [0.29, 0.717) is 17.4 Å². The summed E-state index contributed by atoms with van der Waals surface area (Å²) in [5.74, 6) is -0.560. The van der Waals surface area contributed by atoms with E-state index < -0.39 is 17.5 Å². The zero-order valence-electron chi connectivity index (χ0n) is 13.5. The van der Waals surface area contributed by atoms with Crippen LogP contribution in [0.3, 0.4) is 0 Å². The Labute approximate surface area is 146 Å². The number of carbonyl (C=O) groups is 2. The summed E-state index contributed by atoms with van der Waals surface area (Å²) in [6.45, 7) is 3.75. The monoisotopic (exact) mass is 368 g/mol. The summed E-state index contributed by atoms with van der Waals surface area (Å²) < 4.78 is 37.5. The van der Waals surface area contributed by atoms with Crippen molar-refractivity contribution in [3.63, 3.8) is 0 Å². The predicted molar refractivity (Wildman–Crippen MR) is 90.6 cm³/mol. The number of alkyl halides is 3. The van der Waals surface area contributed by atoms with Gasteiger partial charge in [-0.05, 0) is 31.2 Å². The fraction of sp³-hybridized carbons (Fsp3) is 0.235. The highest BCUT2D eigenvalue weighted by atomic mass is 32.1. The molecule has 1 aromatic heterocycles. The molecule has 25 heavy (non-hydrogen) atoms. The van der Waals surface area contributed by atoms with E-state index in [-0.39, 0.29) is 11.5 Å². The van der Waals surface area contributed by atoms with Crippen molar-refractivity contribution in [1.29, 1.82) is 0 Å². The van der Waals surface area contributed by atoms with Gasteiger partial charge in [-0.1, -0.05) is 12.1 Å². The Bertz CT molecular complexity index is 795. The van der Waals surface area contributed by atoms with E-state index in [2.05, 4.69) is 4.98 Å². The van der Waals surface area contributed by atoms with Gasteiger partial charge in [0, 0.05) is 24.4 Å². The normalized spacial score (nSPS) is 11.7. The van der Waals surface area contributed by atoms with Crippen molar-refractivity contribution in [2.24, 2.45) is 0 Å². The number of hydrogen-bond donors (Lipinski definition) is 0. The summed E-state index contributed by atoms with van der Waals surface area (Å²) in [6.07, 6.45) is -1.73. The van der Waals surface area contributed by atoms with Gasteiger partial charge in [-0.2, -0.15) is 13.2 Å². The lowest BCUT2D eigenvalue weighted by molar-refractivity contribution is -0.137. The largest absolute Gasteiger partial charge is 0.416 e. The molecular weight excluding hydrogens is 353 g/mol. The minimum Gasteiger partial charge on any atom is -0.289 e. The fourth-order valence-electron chi connectivity index (χ4n) is 2.05. The number of aromatic nitrogens is 1. The minimum absolute atomic E-state index is 0.131. The molecule has 0 saturated heterocycles. The van der Waals surface area contributed by atoms with E-state index in [0.717, 1.165) is 24.3 Å². The van der Waals surface area contributed by atoms with Gasteiger partial charge in [-0.25, -0.2) is 4.98 Å². The Hall–Kier alpha value is -2.48. The molecule has 0 aliphatic heterocycles. The number of carbonyl (C=O) groups excluding carboxylic acids is 2. The van der Waals surface area contributed by atoms with E-state index in [4.69, 9.17) is 0 Å². The Morgan fingerprint density at radius 3 is 2.40 bits per heavy atom. The van der Waals surface area contributed by atoms with Crippen LogP contribution in [0.2, 0.25) is 0 Å². The third kappa shape index (κ3) is 4.76. The number of amides is 1. The highest BCUT2D eigenvalue weighted by molar-refractivity contribution is 7.14. The number of hydrogen-bond acceptors (Lipinski definition) is 4. The van der Waals surface area contributed by atoms with Crippen LogP contribution in [0, 0.1) is 0 Å². The maximum atomic E-state index is 12.5. The summed E-state index contributed by atoms with van der Waals surface area (Å²) in [4.78, 5) is 29.3. The van der Waals surface area contributed by atoms with Gasteiger partial charge in [-0.3, -0.25) is 14.5 Å². The van der Waals surface area contributed by atoms with E-state index in [1.807, 2.05) is 6.92 Å². The Morgan fingerprint density at radius 2 is 1.88 bits per heavy atom. The number of ketones is 1. The predicted octanol–water partition coefficient (Wildman–Crippen LogP) is 4.43. The highest BCUT2D eigenvalue weighted by Crippen LogP contribution is 2.29. The number of halogens is 3. The SMILES string of the molecule is CCN(C(C)=O)c1nc(/C=C/C(=O)c2ccc(C(F)(F)F)cc2)cs1. The minimum atomic E-state index is -4.43. The van der Waals surface area contributed by atoms with E-state index in [1.54, 1.807) is 5.38 Å². The Morgan fingerprint density at radius 1 is 1.24 bits per heavy atom. The molecule has 0 bridgehead atoms. The topological polar surface area (TPSA) is 50.3 Å². The summed E-state index contributed by atoms with van der Waals surface area (Å²) in [6, 6.07) is 4.01. The van der Waals surface area contributed by atoms with Crippen molar-refractivity contribution in [3.8, 4) is 0 Å². The second-order valence-electron chi connectivity index (χ2n) is 5.09. The van der Waals surface area contributed by atoms with Crippen molar-refractivity contribution >= 4 is 34.2 Å². The smallest absolute Gasteiger partial charge is 0.289 e. The molecule has 0 N–H and O–H groups in total. The molecule has 0 fully saturated rings. The first-order chi connectivity index (χ1) is 11.7. The van der Waals surface area contributed by atoms with Gasteiger partial charge in [0.15, 0.2) is 10.9 Å². The van der Waals surface area contributed by atoms with Crippen LogP contribution in [0.5, 0.6) is 0 Å². The summed E-state index contributed by atoms with van der Waals surface area (Å²) in [5, 5.41) is 2.22. The van der Waals surface area contributed by atoms with Crippen molar-refractivity contribution in [2.75, 3.05) is 11.4 Å². The maximum absolute atomic E-state index is 12.5. The fourth-order valence-corrected chi connectivity index (χ4v) is 2.95. The van der Waals surface area contributed by atoms with Crippen molar-refractivity contribution in [2.45, 2.75) is 20.0 Å². The van der Waals surface area contributed by atoms with E-state index in [1.165, 1.54) is 35.3 Å². The molecule has 2 rings (SSSR count). The Kier molecular flexibility index (Phi) is 5.73. The lowest BCUT2D eigenvalue weighted by Gasteiger charge is -2.14. The molecule has 1 amide bonds. The van der Waals surface area contributed by atoms with Crippen LogP contribution in [-0.2, 0) is 11.0 Å². The van der Waals surface area contributed by atoms with Gasteiger partial charge in [-0.15, -0.1) is 11.3 Å². The zero-order chi connectivity index (χ0) is 18.6. The molecule has 1 aromatic carbocycles. The van der Waals surface area contributed by atoms with Crippen LogP contribution in [0.25, 0.3) is 6.08 Å². The van der Waals surface area contributed by atoms with Crippen LogP contribution in [0.1, 0.15) is 35.5 Å². The molecule has 2 aromatic rings. The van der Waals surface area contributed by atoms with Gasteiger partial charge < -0.3 is 0 Å². The summed E-state index contributed by atoms with van der Waals surface area (Å²) in [5.41, 5.74) is -0.153. The van der Waals surface area contributed by atoms with Gasteiger partial charge in [0.1, 0.15) is 0 Å². The lowest BCUT2D eigenvalue weighted by atomic mass is 10.1. The van der Waals surface area contributed by atoms with E-state index in [9.17, 15) is 22.8 Å². The standard InChI is InChI=1S/C17H15F3N2O2S/c1-3-22(11(2)23)16-21-14(10-25-16)8-9-15(24)12-4-6-13(7-5-12)17(18,19)20/h4-10H,3H2,1-2H3/b9-8+. The van der Waals surface area contributed by atoms with Crippen LogP contribution < -0.4 is 4.90 Å². The number of allylic oxidation sites excluding steroid dienone is 1. The average Bonchev–Trinajstić information content (AvgIpc) is 3.01. The zero-order valence-corrected chi connectivity index (χ0v) is 14.3. The van der Waals surface area contributed by atoms with Gasteiger partial charge >= 0.3 is 6.18 Å². The maximum Gasteiger partial charge on any atom is 0.416 e. The molecule has 0 spiro atoms. The number of nitrogens with zero attached hydrogens (tertiary/aromatic N) is 2. The van der Waals surface area contributed by atoms with Crippen molar-refractivity contribution in [3.05, 3.63) is 52.5 Å². The molecule has 0 radical (unpaired) electrons. The lowest BCUT2D eigenvalue weighted by Crippen LogP contribution is -2.27. The quantitative estimate of drug-likeness (QED) is 0.579. The third-order valence-corrected chi connectivity index (χ3v) is 4.22. The van der Waals surface area contributed by atoms with Crippen LogP contribution in [0.15, 0.2) is 35.7 Å². The van der Waals surface area contributed by atoms with Gasteiger partial charge in [0.2, 0.25) is 5.91 Å². The van der Waals surface area contributed by atoms with Crippen LogP contribution >= 0.6 is 11.3 Å². The highest BCUT2D eigenvalue weighted by Gasteiger charge is 2.30. The van der Waals surface area contributed by atoms with Crippen molar-refractivity contribution < 1.29 is 22.8 Å². The van der Waals surface area contributed by atoms with E-state index >= 15 is 0 Å². The molecule has 0 unspecified atom stereocenters. The molecule has 0 saturated carbocycles. The second-order valence-corrected chi connectivity index (χ2v) is 5.93. The third-order valence-electron chi connectivity index (χ3n) is 3.34. The molecular formula is C17H15F3N2O2S. The number of benzene rings is 1. The van der Waals surface area contributed by atoms with Gasteiger partial charge in [0.25, 0.3) is 0 Å². The first-order valence-corrected chi connectivity index (χ1v) is 8.23. The Balaban J connectivity index is 2.10. The summed E-state index contributed by atoms with van der Waals surface area (Å²) >= 11 is 1.27. The summed E-state index contributed by atoms with van der Waals surface area (Å²) in [7, 11) is 0. The number of thiazole rings is 1. The van der Waals surface area contributed by atoms with Crippen LogP contribution in [0.4, 0.5) is 18.3 Å². The molecule has 4 nitrogen and oxygen atoms in total. The molecule has 0 aliphatic carbocycles. The molecule has 8 heteroatoms. The average molecular weight is 368 g/mol. The molecule has 0 atom stereocenters. The molecule has 132 valence electrons. The van der Waals surface area contributed by atoms with Crippen molar-refractivity contribution in [1.82, 2.24) is 4.98 Å². The number of anilines is 1. The first kappa shape index (κ1) is 18.9. The second kappa shape index (κ2) is 7.60. The van der Waals surface area contributed by atoms with Crippen LogP contribution in [-0.4, -0.2) is 23.2 Å². The first-order valence-electron chi connectivity index (χ1n) is 7.35.